The summed E-state index contributed by atoms with van der Waals surface area (Å²) in [5.41, 5.74) is 4.66. The first-order chi connectivity index (χ1) is 32.5. The van der Waals surface area contributed by atoms with Crippen molar-refractivity contribution in [1.82, 2.24) is 0 Å². The summed E-state index contributed by atoms with van der Waals surface area (Å²) in [5, 5.41) is 34.8. The van der Waals surface area contributed by atoms with Crippen molar-refractivity contribution >= 4 is 10.4 Å². The van der Waals surface area contributed by atoms with Crippen LogP contribution in [0, 0.1) is 79.8 Å². The normalized spacial score (nSPS) is 51.5. The van der Waals surface area contributed by atoms with Gasteiger partial charge in [0, 0.05) is 34.0 Å². The van der Waals surface area contributed by atoms with Crippen molar-refractivity contribution in [3.8, 4) is 0 Å². The Morgan fingerprint density at radius 3 is 2.15 bits per heavy atom. The third-order valence-electron chi connectivity index (χ3n) is 24.9. The molecule has 11 nitrogen and oxygen atoms in total. The van der Waals surface area contributed by atoms with E-state index in [9.17, 15) is 28.3 Å². The van der Waals surface area contributed by atoms with Crippen molar-refractivity contribution in [2.45, 2.75) is 233 Å². The van der Waals surface area contributed by atoms with Gasteiger partial charge in [-0.05, 0) is 176 Å². The molecule has 4 saturated carbocycles. The Bertz CT molecular complexity index is 2420. The molecule has 0 aromatic rings. The summed E-state index contributed by atoms with van der Waals surface area (Å²) in [4.78, 5) is 0. The number of hydrogen-bond acceptors (Lipinski definition) is 11. The molecule has 6 aliphatic heterocycles. The van der Waals surface area contributed by atoms with E-state index in [1.807, 2.05) is 13.8 Å². The maximum atomic E-state index is 12.5. The first kappa shape index (κ1) is 52.8. The van der Waals surface area contributed by atoms with Gasteiger partial charge in [0.05, 0.1) is 42.7 Å². The van der Waals surface area contributed by atoms with E-state index < -0.39 is 50.9 Å². The quantitative estimate of drug-likeness (QED) is 0.0973. The zero-order valence-electron chi connectivity index (χ0n) is 45.5. The fourth-order valence-corrected chi connectivity index (χ4v) is 21.9. The van der Waals surface area contributed by atoms with E-state index in [0.717, 1.165) is 70.6 Å². The van der Waals surface area contributed by atoms with Crippen LogP contribution >= 0.6 is 0 Å². The van der Waals surface area contributed by atoms with Crippen LogP contribution in [0.5, 0.6) is 0 Å². The molecule has 3 N–H and O–H groups in total. The summed E-state index contributed by atoms with van der Waals surface area (Å²) in [6, 6.07) is 0. The molecule has 8 aliphatic carbocycles. The van der Waals surface area contributed by atoms with Crippen LogP contribution in [-0.4, -0.2) is 88.7 Å². The Balaban J connectivity index is 0.00000547. The molecular formula is C58H87NaO11S. The summed E-state index contributed by atoms with van der Waals surface area (Å²) in [5.74, 6) is -0.402. The third-order valence-corrected chi connectivity index (χ3v) is 25.4. The van der Waals surface area contributed by atoms with Gasteiger partial charge in [0.25, 0.3) is 0 Å². The van der Waals surface area contributed by atoms with Gasteiger partial charge >= 0.3 is 29.6 Å². The molecule has 0 aromatic heterocycles. The van der Waals surface area contributed by atoms with E-state index in [-0.39, 0.29) is 99.5 Å². The number of aliphatic hydroxyl groups is 3. The molecule has 10 fully saturated rings. The molecular weight excluding hydrogens is 928 g/mol. The molecule has 0 radical (unpaired) electrons. The molecule has 0 aromatic carbocycles. The second kappa shape index (κ2) is 16.4. The van der Waals surface area contributed by atoms with Crippen LogP contribution in [0.3, 0.4) is 0 Å². The fraction of sp³-hybridized carbons (Fsp3) is 0.897. The smallest absolute Gasteiger partial charge is 0.726 e. The molecule has 2 spiro atoms. The largest absolute Gasteiger partial charge is 1.00 e. The van der Waals surface area contributed by atoms with Crippen LogP contribution in [0.4, 0.5) is 0 Å². The Labute approximate surface area is 448 Å². The van der Waals surface area contributed by atoms with Crippen molar-refractivity contribution in [3.05, 3.63) is 33.9 Å². The molecule has 19 atom stereocenters. The van der Waals surface area contributed by atoms with Crippen molar-refractivity contribution < 1.29 is 81.0 Å². The Morgan fingerprint density at radius 1 is 0.831 bits per heavy atom. The van der Waals surface area contributed by atoms with Crippen LogP contribution in [0.2, 0.25) is 0 Å². The minimum atomic E-state index is -5.06. The SMILES string of the molecule is C[C@@H]([C@H]1CC[C@H]2C3=C(CC[C@]12C)[C@@]12CO[C@@](O)([C@@H](O)C1)C(C)(C)[C@@H]2[C@@H](OS(=O)(=O)[O-])C3)[C@H]1C[C@@H]2C[C@@](C)(OC2(C)C)[C@H](CC[C@@H](C)[C@H]2CC[C@H]3C4=C(CC[C@]23C)[C@]23CC[C@](O)(OC2)C(C)(C)C3=CC4)O1.[Na+]. The predicted octanol–water partition coefficient (Wildman–Crippen LogP) is 7.24. The van der Waals surface area contributed by atoms with Crippen molar-refractivity contribution in [1.29, 1.82) is 0 Å². The maximum Gasteiger partial charge on any atom is 1.00 e. The molecule has 13 heteroatoms. The number of aliphatic hydroxyl groups excluding tert-OH is 1. The van der Waals surface area contributed by atoms with Gasteiger partial charge in [0.2, 0.25) is 10.4 Å². The second-order valence-electron chi connectivity index (χ2n) is 28.6. The molecule has 14 aliphatic rings. The minimum absolute atomic E-state index is 0. The average Bonchev–Trinajstić information content (AvgIpc) is 3.85. The van der Waals surface area contributed by atoms with E-state index in [0.29, 0.717) is 49.0 Å². The van der Waals surface area contributed by atoms with Gasteiger partial charge in [-0.1, -0.05) is 89.3 Å². The van der Waals surface area contributed by atoms with Gasteiger partial charge in [-0.2, -0.15) is 0 Å². The predicted molar refractivity (Wildman–Crippen MR) is 263 cm³/mol. The summed E-state index contributed by atoms with van der Waals surface area (Å²) in [6.07, 6.45) is 16.6. The zero-order chi connectivity index (χ0) is 50.0. The van der Waals surface area contributed by atoms with Crippen molar-refractivity contribution in [2.24, 2.45) is 79.8 Å². The van der Waals surface area contributed by atoms with E-state index in [2.05, 4.69) is 68.4 Å². The van der Waals surface area contributed by atoms with E-state index in [1.54, 1.807) is 11.1 Å². The van der Waals surface area contributed by atoms with Crippen LogP contribution < -0.4 is 29.6 Å². The van der Waals surface area contributed by atoms with Gasteiger partial charge < -0.3 is 38.8 Å². The standard InChI is InChI=1S/C58H88O11S.Na/c1-32(37-14-16-39-35-13-18-45-49(3,4)57(60)25-24-55(45,30-65-57)41(35)20-22-52(37,39)9)12-19-47-54(11)28-34(51(7,8)69-54)26-43(67-47)33(2)38-15-17-40-36-27-44(68-70(62,63)64)48-50(5,6)58(61)46(59)29-56(48,31-66-58)42(36)21-23-53(38,40)10;/h18,32-34,37-40,43-44,46-48,59-61H,12-17,19-31H2,1-11H3,(H,62,63,64);/q;+1/p-1/t32-,33+,34-,37-,38-,39+,40+,43-,44+,46+,47+,48+,52-,53-,54-,55+,56+,57+,58+;/m1./s1. The average molecular weight is 1020 g/mol. The number of rotatable bonds is 8. The van der Waals surface area contributed by atoms with Gasteiger partial charge in [-0.15, -0.1) is 0 Å². The monoisotopic (exact) mass is 1010 g/mol. The molecule has 14 rings (SSSR count). The first-order valence-electron chi connectivity index (χ1n) is 28.1. The van der Waals surface area contributed by atoms with Gasteiger partial charge in [-0.3, -0.25) is 4.18 Å². The number of hydrogen-bond donors (Lipinski definition) is 3. The van der Waals surface area contributed by atoms with Crippen LogP contribution in [0.25, 0.3) is 0 Å². The summed E-state index contributed by atoms with van der Waals surface area (Å²) < 4.78 is 70.3. The maximum absolute atomic E-state index is 12.5. The molecule has 392 valence electrons. The third kappa shape index (κ3) is 7.02. The Morgan fingerprint density at radius 2 is 1.49 bits per heavy atom. The van der Waals surface area contributed by atoms with Crippen molar-refractivity contribution in [2.75, 3.05) is 13.2 Å². The molecule has 0 amide bonds. The number of ether oxygens (including phenoxy) is 4. The fourth-order valence-electron chi connectivity index (χ4n) is 21.4. The first-order valence-corrected chi connectivity index (χ1v) is 29.4. The van der Waals surface area contributed by atoms with Crippen molar-refractivity contribution in [3.63, 3.8) is 0 Å². The number of fused-ring (bicyclic) bond motifs is 10. The van der Waals surface area contributed by atoms with Crippen LogP contribution in [0.15, 0.2) is 33.9 Å². The summed E-state index contributed by atoms with van der Waals surface area (Å²) in [6.45, 7) is 25.9. The summed E-state index contributed by atoms with van der Waals surface area (Å²) in [7, 11) is -5.06. The molecule has 0 unspecified atom stereocenters. The molecule has 6 heterocycles. The second-order valence-corrected chi connectivity index (χ2v) is 29.6. The van der Waals surface area contributed by atoms with Crippen LogP contribution in [-0.2, 0) is 33.5 Å². The van der Waals surface area contributed by atoms with Crippen LogP contribution in [0.1, 0.15) is 185 Å². The number of allylic oxidation sites excluding steroid dienone is 2. The van der Waals surface area contributed by atoms with Gasteiger partial charge in [-0.25, -0.2) is 8.42 Å². The zero-order valence-corrected chi connectivity index (χ0v) is 48.3. The topological polar surface area (TPSA) is 164 Å². The molecule has 6 saturated heterocycles. The minimum Gasteiger partial charge on any atom is -0.726 e. The van der Waals surface area contributed by atoms with E-state index in [1.165, 1.54) is 36.0 Å². The molecule has 71 heavy (non-hydrogen) atoms. The molecule has 6 bridgehead atoms. The Kier molecular flexibility index (Phi) is 12.2. The van der Waals surface area contributed by atoms with Gasteiger partial charge in [0.15, 0.2) is 11.6 Å². The summed E-state index contributed by atoms with van der Waals surface area (Å²) >= 11 is 0. The Hall–Kier alpha value is -0.190. The van der Waals surface area contributed by atoms with E-state index >= 15 is 0 Å². The van der Waals surface area contributed by atoms with E-state index in [4.69, 9.17) is 23.1 Å². The van der Waals surface area contributed by atoms with Gasteiger partial charge in [0.1, 0.15) is 6.10 Å².